The summed E-state index contributed by atoms with van der Waals surface area (Å²) < 4.78 is 24.4. The van der Waals surface area contributed by atoms with Crippen LogP contribution in [0.2, 0.25) is 0 Å². The van der Waals surface area contributed by atoms with Crippen LogP contribution in [0.3, 0.4) is 0 Å². The molecule has 10 nitrogen and oxygen atoms in total. The highest BCUT2D eigenvalue weighted by Crippen LogP contribution is 2.33. The second-order valence-electron chi connectivity index (χ2n) is 7.37. The number of rotatable bonds is 9. The predicted octanol–water partition coefficient (Wildman–Crippen LogP) is 2.49. The molecule has 2 atom stereocenters. The van der Waals surface area contributed by atoms with E-state index in [1.165, 1.54) is 36.6 Å². The molecule has 174 valence electrons. The molecule has 3 N–H and O–H groups in total. The van der Waals surface area contributed by atoms with Gasteiger partial charge in [0.1, 0.15) is 0 Å². The van der Waals surface area contributed by atoms with Crippen LogP contribution in [0.1, 0.15) is 30.7 Å². The maximum atomic E-state index is 13.8. The second-order valence-corrected chi connectivity index (χ2v) is 8.35. The molecule has 2 aromatic heterocycles. The van der Waals surface area contributed by atoms with Crippen LogP contribution in [-0.4, -0.2) is 53.1 Å². The number of methoxy groups -OCH3 is 1. The summed E-state index contributed by atoms with van der Waals surface area (Å²) in [7, 11) is 1.36. The highest BCUT2D eigenvalue weighted by molar-refractivity contribution is 7.19. The van der Waals surface area contributed by atoms with Crippen LogP contribution in [-0.2, 0) is 15.1 Å². The predicted molar refractivity (Wildman–Crippen MR) is 121 cm³/mol. The third-order valence-electron chi connectivity index (χ3n) is 5.27. The number of aromatic nitrogens is 4. The van der Waals surface area contributed by atoms with Gasteiger partial charge in [0.05, 0.1) is 18.3 Å². The summed E-state index contributed by atoms with van der Waals surface area (Å²) in [6.07, 6.45) is 1.46. The topological polar surface area (TPSA) is 123 Å². The zero-order valence-corrected chi connectivity index (χ0v) is 19.0. The van der Waals surface area contributed by atoms with E-state index in [1.54, 1.807) is 13.1 Å². The van der Waals surface area contributed by atoms with E-state index >= 15 is 0 Å². The fourth-order valence-electron chi connectivity index (χ4n) is 3.67. The fourth-order valence-corrected chi connectivity index (χ4v) is 4.41. The standard InChI is InChI=1S/C21H24FN7O3S/c1-3-32-17(13-6-7-14(22)15(11-13)31-2)18(30)25-19-28-29-20(33-19)26-21(8-10-23-12-21)16-5-4-9-24-27-16/h4-7,9,11,17,23H,3,8,10,12H2,1-2H3,(H,26,29)(H,25,28,30)/t17-,21?/m0/s1. The second kappa shape index (κ2) is 10.1. The molecule has 0 saturated carbocycles. The molecule has 12 heteroatoms. The molecule has 3 aromatic rings. The lowest BCUT2D eigenvalue weighted by Gasteiger charge is -2.27. The van der Waals surface area contributed by atoms with E-state index in [0.717, 1.165) is 18.7 Å². The van der Waals surface area contributed by atoms with Crippen LogP contribution in [0.5, 0.6) is 5.75 Å². The van der Waals surface area contributed by atoms with Crippen LogP contribution in [0.15, 0.2) is 36.5 Å². The molecule has 1 unspecified atom stereocenters. The van der Waals surface area contributed by atoms with Crippen molar-refractivity contribution < 1.29 is 18.7 Å². The van der Waals surface area contributed by atoms with E-state index in [1.807, 2.05) is 12.1 Å². The van der Waals surface area contributed by atoms with Gasteiger partial charge in [-0.05, 0) is 49.7 Å². The number of amides is 1. The van der Waals surface area contributed by atoms with Gasteiger partial charge in [0.15, 0.2) is 17.7 Å². The minimum Gasteiger partial charge on any atom is -0.494 e. The van der Waals surface area contributed by atoms with Crippen molar-refractivity contribution in [2.24, 2.45) is 0 Å². The van der Waals surface area contributed by atoms with Crippen molar-refractivity contribution in [2.45, 2.75) is 25.0 Å². The third kappa shape index (κ3) is 5.07. The van der Waals surface area contributed by atoms with Crippen molar-refractivity contribution in [3.8, 4) is 5.75 Å². The molecule has 1 aliphatic rings. The molecule has 1 amide bonds. The van der Waals surface area contributed by atoms with Crippen molar-refractivity contribution in [3.63, 3.8) is 0 Å². The Bertz CT molecular complexity index is 1090. The Hall–Kier alpha value is -3.22. The number of carbonyl (C=O) groups excluding carboxylic acids is 1. The maximum absolute atomic E-state index is 13.8. The Morgan fingerprint density at radius 3 is 2.85 bits per heavy atom. The number of nitrogens with zero attached hydrogens (tertiary/aromatic N) is 4. The summed E-state index contributed by atoms with van der Waals surface area (Å²) in [5, 5.41) is 26.8. The summed E-state index contributed by atoms with van der Waals surface area (Å²) in [6.45, 7) is 3.54. The molecule has 4 rings (SSSR count). The number of benzene rings is 1. The summed E-state index contributed by atoms with van der Waals surface area (Å²) in [4.78, 5) is 12.9. The summed E-state index contributed by atoms with van der Waals surface area (Å²) in [5.74, 6) is -0.929. The van der Waals surface area contributed by atoms with Gasteiger partial charge >= 0.3 is 0 Å². The van der Waals surface area contributed by atoms with Gasteiger partial charge in [0.25, 0.3) is 5.91 Å². The zero-order chi connectivity index (χ0) is 23.3. The van der Waals surface area contributed by atoms with Gasteiger partial charge in [-0.3, -0.25) is 10.1 Å². The molecule has 1 aliphatic heterocycles. The van der Waals surface area contributed by atoms with Gasteiger partial charge in [-0.25, -0.2) is 4.39 Å². The fraction of sp³-hybridized carbons (Fsp3) is 0.381. The first-order chi connectivity index (χ1) is 16.0. The quantitative estimate of drug-likeness (QED) is 0.430. The van der Waals surface area contributed by atoms with Crippen LogP contribution >= 0.6 is 11.3 Å². The normalized spacial score (nSPS) is 18.6. The molecule has 0 spiro atoms. The average molecular weight is 474 g/mol. The van der Waals surface area contributed by atoms with E-state index in [2.05, 4.69) is 36.3 Å². The number of nitrogens with one attached hydrogen (secondary N) is 3. The van der Waals surface area contributed by atoms with Gasteiger partial charge in [0, 0.05) is 19.3 Å². The van der Waals surface area contributed by atoms with Crippen molar-refractivity contribution in [3.05, 3.63) is 53.6 Å². The Kier molecular flexibility index (Phi) is 7.06. The highest BCUT2D eigenvalue weighted by Gasteiger charge is 2.38. The van der Waals surface area contributed by atoms with Gasteiger partial charge in [0.2, 0.25) is 10.3 Å². The lowest BCUT2D eigenvalue weighted by Crippen LogP contribution is -2.38. The number of ether oxygens (including phenoxy) is 2. The molecule has 3 heterocycles. The lowest BCUT2D eigenvalue weighted by atomic mass is 9.94. The smallest absolute Gasteiger partial charge is 0.259 e. The average Bonchev–Trinajstić information content (AvgIpc) is 3.49. The number of halogens is 1. The summed E-state index contributed by atoms with van der Waals surface area (Å²) in [6, 6.07) is 7.93. The molecule has 33 heavy (non-hydrogen) atoms. The van der Waals surface area contributed by atoms with Crippen molar-refractivity contribution >= 4 is 27.5 Å². The number of anilines is 2. The van der Waals surface area contributed by atoms with Crippen LogP contribution in [0, 0.1) is 5.82 Å². The van der Waals surface area contributed by atoms with Gasteiger partial charge < -0.3 is 20.1 Å². The van der Waals surface area contributed by atoms with Gasteiger partial charge in [-0.15, -0.1) is 10.2 Å². The van der Waals surface area contributed by atoms with E-state index in [9.17, 15) is 9.18 Å². The number of hydrogen-bond acceptors (Lipinski definition) is 10. The van der Waals surface area contributed by atoms with Crippen LogP contribution < -0.4 is 20.7 Å². The SMILES string of the molecule is CCO[C@H](C(=O)Nc1nnc(NC2(c3cccnn3)CCNC2)s1)c1ccc(F)c(OC)c1. The van der Waals surface area contributed by atoms with Crippen LogP contribution in [0.4, 0.5) is 14.7 Å². The Morgan fingerprint density at radius 2 is 2.15 bits per heavy atom. The molecule has 1 fully saturated rings. The minimum atomic E-state index is -0.963. The van der Waals surface area contributed by atoms with E-state index in [-0.39, 0.29) is 12.4 Å². The summed E-state index contributed by atoms with van der Waals surface area (Å²) in [5.41, 5.74) is 0.805. The first-order valence-electron chi connectivity index (χ1n) is 10.4. The van der Waals surface area contributed by atoms with Gasteiger partial charge in [-0.1, -0.05) is 17.4 Å². The van der Waals surface area contributed by atoms with Crippen molar-refractivity contribution in [1.29, 1.82) is 0 Å². The molecular weight excluding hydrogens is 449 g/mol. The molecule has 1 aromatic carbocycles. The summed E-state index contributed by atoms with van der Waals surface area (Å²) >= 11 is 1.20. The third-order valence-corrected chi connectivity index (χ3v) is 6.02. The first kappa shape index (κ1) is 23.0. The Balaban J connectivity index is 1.49. The molecular formula is C21H24FN7O3S. The highest BCUT2D eigenvalue weighted by atomic mass is 32.1. The number of carbonyl (C=O) groups is 1. The Morgan fingerprint density at radius 1 is 1.30 bits per heavy atom. The maximum Gasteiger partial charge on any atom is 0.259 e. The minimum absolute atomic E-state index is 0.0342. The van der Waals surface area contributed by atoms with Crippen LogP contribution in [0.25, 0.3) is 0 Å². The van der Waals surface area contributed by atoms with E-state index < -0.39 is 23.4 Å². The molecule has 0 bridgehead atoms. The number of hydrogen-bond donors (Lipinski definition) is 3. The zero-order valence-electron chi connectivity index (χ0n) is 18.2. The molecule has 0 aliphatic carbocycles. The largest absolute Gasteiger partial charge is 0.494 e. The molecule has 1 saturated heterocycles. The first-order valence-corrected chi connectivity index (χ1v) is 11.2. The lowest BCUT2D eigenvalue weighted by molar-refractivity contribution is -0.127. The molecule has 0 radical (unpaired) electrons. The van der Waals surface area contributed by atoms with E-state index in [0.29, 0.717) is 22.4 Å². The Labute approximate surface area is 193 Å². The van der Waals surface area contributed by atoms with Crippen molar-refractivity contribution in [2.75, 3.05) is 37.4 Å². The van der Waals surface area contributed by atoms with Crippen molar-refractivity contribution in [1.82, 2.24) is 25.7 Å². The van der Waals surface area contributed by atoms with E-state index in [4.69, 9.17) is 9.47 Å². The van der Waals surface area contributed by atoms with Gasteiger partial charge in [-0.2, -0.15) is 10.2 Å². The monoisotopic (exact) mass is 473 g/mol.